The van der Waals surface area contributed by atoms with E-state index in [1.807, 2.05) is 24.5 Å². The lowest BCUT2D eigenvalue weighted by atomic mass is 9.95. The Balaban J connectivity index is 1.64. The summed E-state index contributed by atoms with van der Waals surface area (Å²) in [5.74, 6) is 0.554. The number of carbonyl (C=O) groups is 1. The Labute approximate surface area is 120 Å². The first-order valence-corrected chi connectivity index (χ1v) is 7.78. The molecule has 0 spiro atoms. The van der Waals surface area contributed by atoms with Gasteiger partial charge in [0.1, 0.15) is 0 Å². The van der Waals surface area contributed by atoms with E-state index in [1.54, 1.807) is 0 Å². The number of pyridine rings is 1. The smallest absolute Gasteiger partial charge is 0.227 e. The van der Waals surface area contributed by atoms with Gasteiger partial charge in [-0.25, -0.2) is 0 Å². The first-order valence-electron chi connectivity index (χ1n) is 7.78. The molecule has 108 valence electrons. The third kappa shape index (κ3) is 2.94. The van der Waals surface area contributed by atoms with Crippen molar-refractivity contribution in [3.8, 4) is 0 Å². The lowest BCUT2D eigenvalue weighted by molar-refractivity contribution is -0.136. The van der Waals surface area contributed by atoms with Crippen molar-refractivity contribution < 1.29 is 4.79 Å². The third-order valence-electron chi connectivity index (χ3n) is 4.47. The van der Waals surface area contributed by atoms with E-state index >= 15 is 0 Å². The molecule has 1 atom stereocenters. The summed E-state index contributed by atoms with van der Waals surface area (Å²) < 4.78 is 0. The van der Waals surface area contributed by atoms with E-state index in [9.17, 15) is 4.79 Å². The van der Waals surface area contributed by atoms with E-state index in [2.05, 4.69) is 14.8 Å². The van der Waals surface area contributed by atoms with Crippen molar-refractivity contribution >= 4 is 11.6 Å². The molecule has 2 aliphatic heterocycles. The highest BCUT2D eigenvalue weighted by molar-refractivity contribution is 5.80. The van der Waals surface area contributed by atoms with E-state index in [0.29, 0.717) is 5.91 Å². The van der Waals surface area contributed by atoms with Gasteiger partial charge in [0.2, 0.25) is 5.91 Å². The second-order valence-electron chi connectivity index (χ2n) is 5.88. The van der Waals surface area contributed by atoms with Crippen LogP contribution >= 0.6 is 0 Å². The van der Waals surface area contributed by atoms with Crippen LogP contribution in [0.4, 0.5) is 5.69 Å². The standard InChI is InChI=1S/C16H23N3O/c20-16(18-10-2-1-3-11-18)14-5-4-12-19(13-14)15-6-8-17-9-7-15/h6-9,14H,1-5,10-13H2. The number of carbonyl (C=O) groups excluding carboxylic acids is 1. The van der Waals surface area contributed by atoms with Crippen molar-refractivity contribution in [2.75, 3.05) is 31.1 Å². The molecule has 0 aliphatic carbocycles. The molecule has 2 aliphatic rings. The number of aromatic nitrogens is 1. The molecule has 3 heterocycles. The van der Waals surface area contributed by atoms with E-state index in [1.165, 1.54) is 24.9 Å². The van der Waals surface area contributed by atoms with Crippen LogP contribution in [0.25, 0.3) is 0 Å². The van der Waals surface area contributed by atoms with Gasteiger partial charge >= 0.3 is 0 Å². The quantitative estimate of drug-likeness (QED) is 0.829. The predicted octanol–water partition coefficient (Wildman–Crippen LogP) is 2.31. The molecule has 0 N–H and O–H groups in total. The van der Waals surface area contributed by atoms with Gasteiger partial charge in [-0.3, -0.25) is 9.78 Å². The van der Waals surface area contributed by atoms with Crippen molar-refractivity contribution in [3.05, 3.63) is 24.5 Å². The fourth-order valence-electron chi connectivity index (χ4n) is 3.34. The normalized spacial score (nSPS) is 23.7. The second kappa shape index (κ2) is 6.25. The molecular formula is C16H23N3O. The maximum Gasteiger partial charge on any atom is 0.227 e. The van der Waals surface area contributed by atoms with E-state index in [4.69, 9.17) is 0 Å². The molecule has 0 bridgehead atoms. The third-order valence-corrected chi connectivity index (χ3v) is 4.47. The minimum atomic E-state index is 0.176. The molecule has 3 rings (SSSR count). The lowest BCUT2D eigenvalue weighted by Gasteiger charge is -2.37. The molecule has 0 saturated carbocycles. The number of hydrogen-bond donors (Lipinski definition) is 0. The van der Waals surface area contributed by atoms with Crippen LogP contribution in [-0.4, -0.2) is 42.0 Å². The zero-order valence-corrected chi connectivity index (χ0v) is 12.0. The zero-order valence-electron chi connectivity index (χ0n) is 12.0. The molecular weight excluding hydrogens is 250 g/mol. The summed E-state index contributed by atoms with van der Waals surface area (Å²) in [6.07, 6.45) is 9.41. The van der Waals surface area contributed by atoms with Crippen LogP contribution in [0.5, 0.6) is 0 Å². The lowest BCUT2D eigenvalue weighted by Crippen LogP contribution is -2.46. The molecule has 1 unspecified atom stereocenters. The number of anilines is 1. The van der Waals surface area contributed by atoms with Gasteiger partial charge in [0.05, 0.1) is 5.92 Å². The number of piperidine rings is 2. The largest absolute Gasteiger partial charge is 0.371 e. The Morgan fingerprint density at radius 2 is 1.80 bits per heavy atom. The van der Waals surface area contributed by atoms with Crippen LogP contribution < -0.4 is 4.90 Å². The minimum absolute atomic E-state index is 0.176. The van der Waals surface area contributed by atoms with Gasteiger partial charge in [-0.05, 0) is 44.2 Å². The molecule has 2 saturated heterocycles. The fourth-order valence-corrected chi connectivity index (χ4v) is 3.34. The average molecular weight is 273 g/mol. The van der Waals surface area contributed by atoms with Gasteiger partial charge in [-0.2, -0.15) is 0 Å². The average Bonchev–Trinajstić information content (AvgIpc) is 2.56. The van der Waals surface area contributed by atoms with Crippen molar-refractivity contribution in [3.63, 3.8) is 0 Å². The minimum Gasteiger partial charge on any atom is -0.371 e. The van der Waals surface area contributed by atoms with Gasteiger partial charge in [-0.1, -0.05) is 0 Å². The van der Waals surface area contributed by atoms with Gasteiger partial charge in [0.15, 0.2) is 0 Å². The summed E-state index contributed by atoms with van der Waals surface area (Å²) in [6, 6.07) is 4.07. The Hall–Kier alpha value is -1.58. The topological polar surface area (TPSA) is 36.4 Å². The monoisotopic (exact) mass is 273 g/mol. The molecule has 1 amide bonds. The molecule has 4 nitrogen and oxygen atoms in total. The van der Waals surface area contributed by atoms with Gasteiger partial charge in [-0.15, -0.1) is 0 Å². The summed E-state index contributed by atoms with van der Waals surface area (Å²) >= 11 is 0. The summed E-state index contributed by atoms with van der Waals surface area (Å²) in [4.78, 5) is 21.1. The number of amides is 1. The summed E-state index contributed by atoms with van der Waals surface area (Å²) in [6.45, 7) is 3.84. The number of rotatable bonds is 2. The number of nitrogens with zero attached hydrogens (tertiary/aromatic N) is 3. The van der Waals surface area contributed by atoms with Gasteiger partial charge < -0.3 is 9.80 Å². The first kappa shape index (κ1) is 13.4. The second-order valence-corrected chi connectivity index (χ2v) is 5.88. The fraction of sp³-hybridized carbons (Fsp3) is 0.625. The molecule has 4 heteroatoms. The molecule has 1 aromatic heterocycles. The molecule has 0 radical (unpaired) electrons. The van der Waals surface area contributed by atoms with E-state index in [-0.39, 0.29) is 5.92 Å². The highest BCUT2D eigenvalue weighted by Gasteiger charge is 2.29. The summed E-state index contributed by atoms with van der Waals surface area (Å²) in [5.41, 5.74) is 1.19. The molecule has 1 aromatic rings. The van der Waals surface area contributed by atoms with Crippen LogP contribution in [0.15, 0.2) is 24.5 Å². The van der Waals surface area contributed by atoms with Crippen molar-refractivity contribution in [2.24, 2.45) is 5.92 Å². The molecule has 2 fully saturated rings. The first-order chi connectivity index (χ1) is 9.84. The Morgan fingerprint density at radius 1 is 1.05 bits per heavy atom. The summed E-state index contributed by atoms with van der Waals surface area (Å²) in [5, 5.41) is 0. The predicted molar refractivity (Wildman–Crippen MR) is 79.6 cm³/mol. The van der Waals surface area contributed by atoms with Crippen molar-refractivity contribution in [1.29, 1.82) is 0 Å². The maximum atomic E-state index is 12.6. The Kier molecular flexibility index (Phi) is 4.19. The molecule has 0 aromatic carbocycles. The Morgan fingerprint density at radius 3 is 2.55 bits per heavy atom. The number of hydrogen-bond acceptors (Lipinski definition) is 3. The van der Waals surface area contributed by atoms with Crippen molar-refractivity contribution in [1.82, 2.24) is 9.88 Å². The van der Waals surface area contributed by atoms with Gasteiger partial charge in [0.25, 0.3) is 0 Å². The molecule has 20 heavy (non-hydrogen) atoms. The zero-order chi connectivity index (χ0) is 13.8. The number of likely N-dealkylation sites (tertiary alicyclic amines) is 1. The summed E-state index contributed by atoms with van der Waals surface area (Å²) in [7, 11) is 0. The van der Waals surface area contributed by atoms with E-state index in [0.717, 1.165) is 39.0 Å². The van der Waals surface area contributed by atoms with Crippen LogP contribution in [0.1, 0.15) is 32.1 Å². The van der Waals surface area contributed by atoms with E-state index < -0.39 is 0 Å². The Bertz CT molecular complexity index is 442. The van der Waals surface area contributed by atoms with Crippen LogP contribution in [0, 0.1) is 5.92 Å². The van der Waals surface area contributed by atoms with Crippen LogP contribution in [0.3, 0.4) is 0 Å². The van der Waals surface area contributed by atoms with Gasteiger partial charge in [0, 0.05) is 44.3 Å². The van der Waals surface area contributed by atoms with Crippen LogP contribution in [-0.2, 0) is 4.79 Å². The SMILES string of the molecule is O=C(C1CCCN(c2ccncc2)C1)N1CCCCC1. The highest BCUT2D eigenvalue weighted by atomic mass is 16.2. The van der Waals surface area contributed by atoms with Crippen molar-refractivity contribution in [2.45, 2.75) is 32.1 Å². The highest BCUT2D eigenvalue weighted by Crippen LogP contribution is 2.25. The maximum absolute atomic E-state index is 12.6. The van der Waals surface area contributed by atoms with Crippen LogP contribution in [0.2, 0.25) is 0 Å².